The van der Waals surface area contributed by atoms with E-state index >= 15 is 0 Å². The molecule has 0 spiro atoms. The highest BCUT2D eigenvalue weighted by molar-refractivity contribution is 6.65. The van der Waals surface area contributed by atoms with Crippen LogP contribution in [0.5, 0.6) is 5.75 Å². The molecule has 0 aliphatic carbocycles. The third kappa shape index (κ3) is 6.89. The molecule has 0 atom stereocenters. The van der Waals surface area contributed by atoms with Crippen LogP contribution in [0.1, 0.15) is 27.2 Å². The Labute approximate surface area is 181 Å². The predicted octanol–water partition coefficient (Wildman–Crippen LogP) is 4.40. The third-order valence-electron chi connectivity index (χ3n) is 3.82. The summed E-state index contributed by atoms with van der Waals surface area (Å²) in [5, 5.41) is 0.444. The molecule has 0 N–H and O–H groups in total. The molecular weight excluding hydrogens is 428 g/mol. The van der Waals surface area contributed by atoms with Crippen molar-refractivity contribution in [1.29, 1.82) is 0 Å². The van der Waals surface area contributed by atoms with Crippen molar-refractivity contribution in [1.82, 2.24) is 0 Å². The molecule has 0 bridgehead atoms. The Bertz CT molecular complexity index is 861. The van der Waals surface area contributed by atoms with Crippen LogP contribution in [0.15, 0.2) is 48.5 Å². The van der Waals surface area contributed by atoms with Crippen LogP contribution in [0, 0.1) is 0 Å². The fourth-order valence-electron chi connectivity index (χ4n) is 2.84. The van der Waals surface area contributed by atoms with E-state index in [1.807, 2.05) is 42.5 Å². The van der Waals surface area contributed by atoms with Crippen LogP contribution in [0.25, 0.3) is 11.1 Å². The molecule has 2 aromatic carbocycles. The number of hydrogen-bond donors (Lipinski definition) is 0. The first-order valence-corrected chi connectivity index (χ1v) is 11.6. The lowest BCUT2D eigenvalue weighted by molar-refractivity contribution is -0.147. The number of halogens is 1. The minimum atomic E-state index is -3.88. The number of rotatable bonds is 9. The fourth-order valence-corrected chi connectivity index (χ4v) is 5.39. The van der Waals surface area contributed by atoms with Gasteiger partial charge in [0, 0.05) is 26.3 Å². The average Bonchev–Trinajstić information content (AvgIpc) is 2.65. The summed E-state index contributed by atoms with van der Waals surface area (Å²) in [6.07, 6.45) is 0.291. The molecule has 0 heterocycles. The van der Waals surface area contributed by atoms with Gasteiger partial charge in [0.1, 0.15) is 5.75 Å². The van der Waals surface area contributed by atoms with Crippen molar-refractivity contribution >= 4 is 38.3 Å². The molecule has 0 saturated heterocycles. The summed E-state index contributed by atoms with van der Waals surface area (Å²) in [6, 6.07) is 15.1. The van der Waals surface area contributed by atoms with E-state index in [-0.39, 0.29) is 12.7 Å². The lowest BCUT2D eigenvalue weighted by atomic mass is 10.0. The predicted molar refractivity (Wildman–Crippen MR) is 113 cm³/mol. The van der Waals surface area contributed by atoms with Crippen LogP contribution < -0.4 is 4.74 Å². The van der Waals surface area contributed by atoms with Gasteiger partial charge in [-0.25, -0.2) is 0 Å². The first kappa shape index (κ1) is 23.4. The second kappa shape index (κ2) is 10.8. The highest BCUT2D eigenvalue weighted by Gasteiger charge is 2.51. The van der Waals surface area contributed by atoms with E-state index in [4.69, 9.17) is 29.6 Å². The van der Waals surface area contributed by atoms with Crippen molar-refractivity contribution in [2.45, 2.75) is 33.2 Å². The van der Waals surface area contributed by atoms with Crippen molar-refractivity contribution < 1.29 is 32.4 Å². The van der Waals surface area contributed by atoms with Crippen LogP contribution >= 0.6 is 11.6 Å². The van der Waals surface area contributed by atoms with Crippen LogP contribution in [-0.2, 0) is 27.7 Å². The van der Waals surface area contributed by atoms with Crippen molar-refractivity contribution in [3.8, 4) is 16.9 Å². The van der Waals surface area contributed by atoms with E-state index < -0.39 is 26.7 Å². The van der Waals surface area contributed by atoms with Crippen LogP contribution in [0.2, 0.25) is 11.1 Å². The quantitative estimate of drug-likeness (QED) is 0.413. The SMILES string of the molecule is CC(=O)O[Si](CCCOc1c(Cl)cccc1-c1ccccc1)(OC(C)=O)OC(C)=O. The molecular formula is C21H23ClO7Si. The Kier molecular flexibility index (Phi) is 8.43. The Morgan fingerprint density at radius 1 is 0.833 bits per heavy atom. The first-order valence-electron chi connectivity index (χ1n) is 9.28. The minimum absolute atomic E-state index is 0.0247. The standard InChI is InChI=1S/C21H23ClO7Si/c1-15(23)27-30(28-16(2)24,29-17(3)25)14-8-13-26-21-19(11-7-12-20(21)22)18-9-5-4-6-10-18/h4-7,9-12H,8,13-14H2,1-3H3. The Morgan fingerprint density at radius 3 is 1.93 bits per heavy atom. The second-order valence-corrected chi connectivity index (χ2v) is 9.28. The van der Waals surface area contributed by atoms with Gasteiger partial charge in [-0.2, -0.15) is 0 Å². The molecule has 0 aromatic heterocycles. The smallest absolute Gasteiger partial charge is 0.491 e. The summed E-state index contributed by atoms with van der Waals surface area (Å²) >= 11 is 6.33. The average molecular weight is 451 g/mol. The molecule has 9 heteroatoms. The van der Waals surface area contributed by atoms with E-state index in [9.17, 15) is 14.4 Å². The largest absolute Gasteiger partial charge is 0.705 e. The lowest BCUT2D eigenvalue weighted by Crippen LogP contribution is -2.49. The number of benzene rings is 2. The summed E-state index contributed by atoms with van der Waals surface area (Å²) in [7, 11) is -3.88. The number of para-hydroxylation sites is 1. The van der Waals surface area contributed by atoms with E-state index in [0.717, 1.165) is 31.9 Å². The highest BCUT2D eigenvalue weighted by atomic mass is 35.5. The van der Waals surface area contributed by atoms with Gasteiger partial charge in [-0.05, 0) is 18.1 Å². The van der Waals surface area contributed by atoms with E-state index in [1.165, 1.54) is 0 Å². The molecule has 0 radical (unpaired) electrons. The summed E-state index contributed by atoms with van der Waals surface area (Å²) in [6.45, 7) is 3.63. The second-order valence-electron chi connectivity index (χ2n) is 6.40. The fraction of sp³-hybridized carbons (Fsp3) is 0.286. The van der Waals surface area contributed by atoms with Gasteiger partial charge in [0.15, 0.2) is 0 Å². The van der Waals surface area contributed by atoms with Crippen molar-refractivity contribution in [3.63, 3.8) is 0 Å². The number of carbonyl (C=O) groups is 3. The number of carbonyl (C=O) groups excluding carboxylic acids is 3. The molecule has 0 unspecified atom stereocenters. The molecule has 2 rings (SSSR count). The zero-order valence-electron chi connectivity index (χ0n) is 17.0. The van der Waals surface area contributed by atoms with Crippen LogP contribution in [-0.4, -0.2) is 33.3 Å². The van der Waals surface area contributed by atoms with Gasteiger partial charge in [0.25, 0.3) is 17.9 Å². The number of ether oxygens (including phenoxy) is 1. The Balaban J connectivity index is 2.14. The molecule has 30 heavy (non-hydrogen) atoms. The van der Waals surface area contributed by atoms with E-state index in [0.29, 0.717) is 17.2 Å². The highest BCUT2D eigenvalue weighted by Crippen LogP contribution is 2.36. The zero-order valence-corrected chi connectivity index (χ0v) is 18.7. The Hall–Kier alpha value is -2.84. The van der Waals surface area contributed by atoms with Gasteiger partial charge < -0.3 is 18.0 Å². The summed E-state index contributed by atoms with van der Waals surface area (Å²) in [5.74, 6) is -1.61. The first-order chi connectivity index (χ1) is 14.2. The topological polar surface area (TPSA) is 88.1 Å². The molecule has 0 amide bonds. The zero-order chi connectivity index (χ0) is 22.1. The molecule has 160 valence electrons. The maximum absolute atomic E-state index is 11.5. The van der Waals surface area contributed by atoms with E-state index in [1.54, 1.807) is 6.07 Å². The molecule has 0 aliphatic rings. The van der Waals surface area contributed by atoms with Gasteiger partial charge in [0.05, 0.1) is 17.7 Å². The van der Waals surface area contributed by atoms with Crippen molar-refractivity contribution in [2.75, 3.05) is 6.61 Å². The monoisotopic (exact) mass is 450 g/mol. The number of hydrogen-bond acceptors (Lipinski definition) is 7. The van der Waals surface area contributed by atoms with Gasteiger partial charge in [-0.1, -0.05) is 54.1 Å². The molecule has 0 aliphatic heterocycles. The van der Waals surface area contributed by atoms with Crippen molar-refractivity contribution in [2.24, 2.45) is 0 Å². The maximum Gasteiger partial charge on any atom is 0.705 e. The van der Waals surface area contributed by atoms with Crippen LogP contribution in [0.4, 0.5) is 0 Å². The molecule has 7 nitrogen and oxygen atoms in total. The normalized spacial score (nSPS) is 10.8. The molecule has 0 saturated carbocycles. The summed E-state index contributed by atoms with van der Waals surface area (Å²) in [5.41, 5.74) is 1.77. The maximum atomic E-state index is 11.5. The van der Waals surface area contributed by atoms with E-state index in [2.05, 4.69) is 0 Å². The molecule has 0 fully saturated rings. The summed E-state index contributed by atoms with van der Waals surface area (Å²) in [4.78, 5) is 34.5. The van der Waals surface area contributed by atoms with Crippen molar-refractivity contribution in [3.05, 3.63) is 53.6 Å². The third-order valence-corrected chi connectivity index (χ3v) is 6.88. The lowest BCUT2D eigenvalue weighted by Gasteiger charge is -2.26. The Morgan fingerprint density at radius 2 is 1.40 bits per heavy atom. The minimum Gasteiger partial charge on any atom is -0.491 e. The molecule has 2 aromatic rings. The van der Waals surface area contributed by atoms with Gasteiger partial charge in [-0.3, -0.25) is 14.4 Å². The summed E-state index contributed by atoms with van der Waals surface area (Å²) < 4.78 is 21.4. The van der Waals surface area contributed by atoms with Gasteiger partial charge in [-0.15, -0.1) is 0 Å². The van der Waals surface area contributed by atoms with Crippen LogP contribution in [0.3, 0.4) is 0 Å². The van der Waals surface area contributed by atoms with Gasteiger partial charge in [0.2, 0.25) is 0 Å². The van der Waals surface area contributed by atoms with Gasteiger partial charge >= 0.3 is 8.80 Å².